The number of thiocarbonyl (C=S) groups is 1. The van der Waals surface area contributed by atoms with E-state index < -0.39 is 24.0 Å². The predicted octanol–water partition coefficient (Wildman–Crippen LogP) is 1.18. The largest absolute Gasteiger partial charge is 0.480 e. The Hall–Kier alpha value is -2.23. The zero-order valence-corrected chi connectivity index (χ0v) is 15.4. The fraction of sp³-hybridized carbons (Fsp3) is 0.294. The van der Waals surface area contributed by atoms with Gasteiger partial charge in [0.05, 0.1) is 11.0 Å². The van der Waals surface area contributed by atoms with Gasteiger partial charge in [-0.25, -0.2) is 4.79 Å². The highest BCUT2D eigenvalue weighted by atomic mass is 32.2. The van der Waals surface area contributed by atoms with Crippen molar-refractivity contribution < 1.29 is 24.6 Å². The monoisotopic (exact) mass is 392 g/mol. The van der Waals surface area contributed by atoms with E-state index in [2.05, 4.69) is 0 Å². The minimum Gasteiger partial charge on any atom is -0.480 e. The minimum atomic E-state index is -1.13. The molecule has 0 aromatic heterocycles. The Bertz CT molecular complexity index is 821. The summed E-state index contributed by atoms with van der Waals surface area (Å²) in [5.41, 5.74) is 1.05. The molecule has 0 aliphatic carbocycles. The van der Waals surface area contributed by atoms with Crippen molar-refractivity contribution in [1.29, 1.82) is 0 Å². The van der Waals surface area contributed by atoms with Crippen LogP contribution in [0.1, 0.15) is 22.3 Å². The van der Waals surface area contributed by atoms with Gasteiger partial charge in [0.1, 0.15) is 10.4 Å². The van der Waals surface area contributed by atoms with Gasteiger partial charge in [-0.05, 0) is 23.8 Å². The second kappa shape index (κ2) is 7.18. The predicted molar refractivity (Wildman–Crippen MR) is 100 cm³/mol. The van der Waals surface area contributed by atoms with Crippen LogP contribution in [0.4, 0.5) is 0 Å². The zero-order valence-electron chi connectivity index (χ0n) is 13.8. The quantitative estimate of drug-likeness (QED) is 0.589. The Balaban J connectivity index is 1.78. The van der Waals surface area contributed by atoms with Gasteiger partial charge in [0.25, 0.3) is 11.8 Å². The van der Waals surface area contributed by atoms with Crippen molar-refractivity contribution >= 4 is 52.2 Å². The lowest BCUT2D eigenvalue weighted by Gasteiger charge is -2.21. The first-order valence-electron chi connectivity index (χ1n) is 7.81. The molecule has 1 aromatic carbocycles. The van der Waals surface area contributed by atoms with Crippen LogP contribution in [0.15, 0.2) is 29.2 Å². The molecule has 2 aliphatic rings. The van der Waals surface area contributed by atoms with E-state index in [9.17, 15) is 24.6 Å². The number of hydrogen-bond acceptors (Lipinski definition) is 6. The number of benzene rings is 1. The maximum atomic E-state index is 12.6. The van der Waals surface area contributed by atoms with Crippen LogP contribution < -0.4 is 0 Å². The number of hydrogen-bond donors (Lipinski definition) is 2. The van der Waals surface area contributed by atoms with Crippen molar-refractivity contribution in [2.24, 2.45) is 0 Å². The molecular weight excluding hydrogens is 376 g/mol. The summed E-state index contributed by atoms with van der Waals surface area (Å²) in [6, 6.07) is 5.48. The van der Waals surface area contributed by atoms with E-state index >= 15 is 0 Å². The second-order valence-corrected chi connectivity index (χ2v) is 7.74. The molecule has 2 fully saturated rings. The Morgan fingerprint density at radius 1 is 1.31 bits per heavy atom. The van der Waals surface area contributed by atoms with E-state index in [1.807, 2.05) is 0 Å². The van der Waals surface area contributed by atoms with Gasteiger partial charge in [-0.15, -0.1) is 0 Å². The van der Waals surface area contributed by atoms with E-state index in [-0.39, 0.29) is 18.9 Å². The Labute approximate surface area is 159 Å². The molecule has 1 aromatic rings. The lowest BCUT2D eigenvalue weighted by molar-refractivity contribution is -0.141. The molecule has 0 saturated carbocycles. The molecule has 2 aliphatic heterocycles. The van der Waals surface area contributed by atoms with Gasteiger partial charge in [-0.1, -0.05) is 36.1 Å². The van der Waals surface area contributed by atoms with E-state index in [1.165, 1.54) is 21.6 Å². The lowest BCUT2D eigenvalue weighted by Crippen LogP contribution is -2.40. The van der Waals surface area contributed by atoms with Crippen LogP contribution in [0.5, 0.6) is 0 Å². The first-order chi connectivity index (χ1) is 12.3. The number of carbonyl (C=O) groups excluding carboxylic acids is 2. The van der Waals surface area contributed by atoms with Crippen LogP contribution in [-0.4, -0.2) is 67.9 Å². The highest BCUT2D eigenvalue weighted by Gasteiger charge is 2.39. The number of rotatable bonds is 3. The summed E-state index contributed by atoms with van der Waals surface area (Å²) < 4.78 is 0.486. The topological polar surface area (TPSA) is 98.2 Å². The molecule has 7 nitrogen and oxygen atoms in total. The molecule has 2 amide bonds. The normalized spacial score (nSPS) is 24.6. The molecule has 3 rings (SSSR count). The van der Waals surface area contributed by atoms with Gasteiger partial charge in [0, 0.05) is 25.6 Å². The third-order valence-corrected chi connectivity index (χ3v) is 5.75. The number of aliphatic hydroxyl groups is 1. The summed E-state index contributed by atoms with van der Waals surface area (Å²) in [5, 5.41) is 18.9. The van der Waals surface area contributed by atoms with E-state index in [4.69, 9.17) is 12.2 Å². The molecule has 136 valence electrons. The molecule has 9 heteroatoms. The molecule has 0 spiro atoms. The fourth-order valence-corrected chi connectivity index (χ4v) is 4.04. The maximum absolute atomic E-state index is 12.6. The highest BCUT2D eigenvalue weighted by Crippen LogP contribution is 2.31. The fourth-order valence-electron chi connectivity index (χ4n) is 2.86. The lowest BCUT2D eigenvalue weighted by atomic mass is 10.1. The molecule has 2 saturated heterocycles. The Kier molecular flexibility index (Phi) is 5.12. The highest BCUT2D eigenvalue weighted by molar-refractivity contribution is 8.26. The molecule has 26 heavy (non-hydrogen) atoms. The number of amides is 2. The summed E-state index contributed by atoms with van der Waals surface area (Å²) in [4.78, 5) is 38.9. The van der Waals surface area contributed by atoms with Crippen molar-refractivity contribution in [1.82, 2.24) is 9.80 Å². The molecule has 0 unspecified atom stereocenters. The smallest absolute Gasteiger partial charge is 0.326 e. The summed E-state index contributed by atoms with van der Waals surface area (Å²) in [7, 11) is 1.61. The van der Waals surface area contributed by atoms with Gasteiger partial charge in [0.15, 0.2) is 0 Å². The third-order valence-electron chi connectivity index (χ3n) is 4.27. The summed E-state index contributed by atoms with van der Waals surface area (Å²) in [6.07, 6.45) is 0.879. The van der Waals surface area contributed by atoms with Gasteiger partial charge in [-0.3, -0.25) is 14.5 Å². The molecule has 0 bridgehead atoms. The SMILES string of the molecule is CN1C(=O)/C(=C\c2ccc(C(=O)N3C[C@H](O)C[C@@H]3C(=O)O)cc2)SC1=S. The van der Waals surface area contributed by atoms with Crippen LogP contribution >= 0.6 is 24.0 Å². The van der Waals surface area contributed by atoms with E-state index in [0.29, 0.717) is 14.8 Å². The van der Waals surface area contributed by atoms with Crippen LogP contribution in [0.3, 0.4) is 0 Å². The number of aliphatic carboxylic acids is 1. The average molecular weight is 392 g/mol. The minimum absolute atomic E-state index is 0.00345. The number of β-amino-alcohol motifs (C(OH)–C–C–N with tert-alkyl or cyclic N) is 1. The number of likely N-dealkylation sites (tertiary alicyclic amines) is 1. The first kappa shape index (κ1) is 18.6. The number of thioether (sulfide) groups is 1. The third kappa shape index (κ3) is 3.50. The van der Waals surface area contributed by atoms with Crippen LogP contribution in [0, 0.1) is 0 Å². The zero-order chi connectivity index (χ0) is 19.0. The van der Waals surface area contributed by atoms with Crippen molar-refractivity contribution in [3.05, 3.63) is 40.3 Å². The molecule has 2 N–H and O–H groups in total. The van der Waals surface area contributed by atoms with Gasteiger partial charge >= 0.3 is 5.97 Å². The molecule has 2 atom stereocenters. The summed E-state index contributed by atoms with van der Waals surface area (Å²) in [6.45, 7) is -0.00345. The summed E-state index contributed by atoms with van der Waals surface area (Å²) in [5.74, 6) is -1.75. The second-order valence-electron chi connectivity index (χ2n) is 6.06. The van der Waals surface area contributed by atoms with E-state index in [0.717, 1.165) is 5.56 Å². The van der Waals surface area contributed by atoms with Gasteiger partial charge in [0.2, 0.25) is 0 Å². The number of carboxylic acids is 1. The maximum Gasteiger partial charge on any atom is 0.326 e. The number of likely N-dealkylation sites (N-methyl/N-ethyl adjacent to an activating group) is 1. The van der Waals surface area contributed by atoms with Gasteiger partial charge in [-0.2, -0.15) is 0 Å². The summed E-state index contributed by atoms with van der Waals surface area (Å²) >= 11 is 6.29. The van der Waals surface area contributed by atoms with E-state index in [1.54, 1.807) is 37.4 Å². The van der Waals surface area contributed by atoms with Crippen LogP contribution in [0.25, 0.3) is 6.08 Å². The molecule has 0 radical (unpaired) electrons. The number of carbonyl (C=O) groups is 3. The van der Waals surface area contributed by atoms with Crippen molar-refractivity contribution in [2.45, 2.75) is 18.6 Å². The average Bonchev–Trinajstić information content (AvgIpc) is 3.11. The van der Waals surface area contributed by atoms with Crippen LogP contribution in [0.2, 0.25) is 0 Å². The number of carboxylic acid groups (broad SMARTS) is 1. The van der Waals surface area contributed by atoms with Gasteiger partial charge < -0.3 is 15.1 Å². The van der Waals surface area contributed by atoms with Crippen molar-refractivity contribution in [2.75, 3.05) is 13.6 Å². The Morgan fingerprint density at radius 3 is 2.50 bits per heavy atom. The van der Waals surface area contributed by atoms with Crippen LogP contribution in [-0.2, 0) is 9.59 Å². The number of nitrogens with zero attached hydrogens (tertiary/aromatic N) is 2. The van der Waals surface area contributed by atoms with Crippen molar-refractivity contribution in [3.8, 4) is 0 Å². The molecule has 2 heterocycles. The molecular formula is C17H16N2O5S2. The van der Waals surface area contributed by atoms with Crippen molar-refractivity contribution in [3.63, 3.8) is 0 Å². The Morgan fingerprint density at radius 2 is 1.96 bits per heavy atom. The standard InChI is InChI=1S/C17H16N2O5S2/c1-18-15(22)13(26-17(18)25)6-9-2-4-10(5-3-9)14(21)19-8-11(20)7-12(19)16(23)24/h2-6,11-12,20H,7-8H2,1H3,(H,23,24)/b13-6+/t11-,12-/m1/s1. The first-order valence-corrected chi connectivity index (χ1v) is 9.04. The number of aliphatic hydroxyl groups excluding tert-OH is 1.